The normalized spacial score (nSPS) is 19.1. The SMILES string of the molecule is CCN1CCC(Cc2nc(CO)cs2)CC1. The van der Waals surface area contributed by atoms with Crippen LogP contribution < -0.4 is 0 Å². The van der Waals surface area contributed by atoms with E-state index in [1.807, 2.05) is 5.38 Å². The average Bonchev–Trinajstić information content (AvgIpc) is 2.78. The molecule has 0 amide bonds. The minimum absolute atomic E-state index is 0.0742. The van der Waals surface area contributed by atoms with E-state index in [9.17, 15) is 0 Å². The van der Waals surface area contributed by atoms with Crippen molar-refractivity contribution in [2.45, 2.75) is 32.8 Å². The van der Waals surface area contributed by atoms with Crippen molar-refractivity contribution in [3.63, 3.8) is 0 Å². The molecule has 90 valence electrons. The Balaban J connectivity index is 1.82. The molecule has 0 unspecified atom stereocenters. The van der Waals surface area contributed by atoms with Gasteiger partial charge in [0.1, 0.15) is 0 Å². The van der Waals surface area contributed by atoms with E-state index in [2.05, 4.69) is 16.8 Å². The maximum Gasteiger partial charge on any atom is 0.0932 e. The van der Waals surface area contributed by atoms with E-state index < -0.39 is 0 Å². The fourth-order valence-corrected chi connectivity index (χ4v) is 3.17. The maximum absolute atomic E-state index is 8.96. The predicted molar refractivity (Wildman–Crippen MR) is 66.6 cm³/mol. The van der Waals surface area contributed by atoms with Crippen LogP contribution in [-0.4, -0.2) is 34.6 Å². The third kappa shape index (κ3) is 3.03. The number of aliphatic hydroxyl groups is 1. The molecule has 0 spiro atoms. The first kappa shape index (κ1) is 12.0. The molecule has 0 saturated carbocycles. The molecule has 16 heavy (non-hydrogen) atoms. The van der Waals surface area contributed by atoms with Gasteiger partial charge < -0.3 is 10.0 Å². The molecule has 1 saturated heterocycles. The highest BCUT2D eigenvalue weighted by molar-refractivity contribution is 7.09. The van der Waals surface area contributed by atoms with Crippen molar-refractivity contribution in [1.82, 2.24) is 9.88 Å². The standard InChI is InChI=1S/C12H20N2OS/c1-2-14-5-3-10(4-6-14)7-12-13-11(8-15)9-16-12/h9-10,15H,2-8H2,1H3. The molecule has 0 aliphatic carbocycles. The van der Waals surface area contributed by atoms with E-state index in [1.165, 1.54) is 37.5 Å². The maximum atomic E-state index is 8.96. The minimum atomic E-state index is 0.0742. The lowest BCUT2D eigenvalue weighted by molar-refractivity contribution is 0.192. The van der Waals surface area contributed by atoms with Crippen LogP contribution in [0.5, 0.6) is 0 Å². The first-order valence-corrected chi connectivity index (χ1v) is 6.96. The van der Waals surface area contributed by atoms with E-state index in [0.717, 1.165) is 18.0 Å². The van der Waals surface area contributed by atoms with Crippen LogP contribution in [0.15, 0.2) is 5.38 Å². The van der Waals surface area contributed by atoms with Crippen LogP contribution in [0.4, 0.5) is 0 Å². The number of hydrogen-bond donors (Lipinski definition) is 1. The van der Waals surface area contributed by atoms with E-state index in [4.69, 9.17) is 5.11 Å². The summed E-state index contributed by atoms with van der Waals surface area (Å²) in [5.41, 5.74) is 0.825. The summed E-state index contributed by atoms with van der Waals surface area (Å²) in [5, 5.41) is 12.1. The van der Waals surface area contributed by atoms with Crippen LogP contribution in [0.2, 0.25) is 0 Å². The topological polar surface area (TPSA) is 36.4 Å². The Morgan fingerprint density at radius 1 is 1.50 bits per heavy atom. The predicted octanol–water partition coefficient (Wildman–Crippen LogP) is 1.91. The van der Waals surface area contributed by atoms with E-state index >= 15 is 0 Å². The lowest BCUT2D eigenvalue weighted by Crippen LogP contribution is -2.34. The largest absolute Gasteiger partial charge is 0.390 e. The molecule has 0 aromatic carbocycles. The molecule has 3 nitrogen and oxygen atoms in total. The molecule has 1 aliphatic heterocycles. The highest BCUT2D eigenvalue weighted by Gasteiger charge is 2.19. The van der Waals surface area contributed by atoms with Crippen molar-refractivity contribution < 1.29 is 5.11 Å². The molecule has 0 bridgehead atoms. The number of rotatable bonds is 4. The van der Waals surface area contributed by atoms with Crippen LogP contribution in [0, 0.1) is 5.92 Å². The fraction of sp³-hybridized carbons (Fsp3) is 0.750. The summed E-state index contributed by atoms with van der Waals surface area (Å²) in [6.45, 7) is 5.96. The third-order valence-electron chi connectivity index (χ3n) is 3.38. The summed E-state index contributed by atoms with van der Waals surface area (Å²) in [5.74, 6) is 0.792. The summed E-state index contributed by atoms with van der Waals surface area (Å²) in [6, 6.07) is 0. The zero-order chi connectivity index (χ0) is 11.4. The Morgan fingerprint density at radius 2 is 2.25 bits per heavy atom. The van der Waals surface area contributed by atoms with Crippen molar-refractivity contribution in [1.29, 1.82) is 0 Å². The molecule has 1 fully saturated rings. The molecular weight excluding hydrogens is 220 g/mol. The van der Waals surface area contributed by atoms with Crippen LogP contribution in [0.3, 0.4) is 0 Å². The molecule has 2 heterocycles. The van der Waals surface area contributed by atoms with Crippen LogP contribution >= 0.6 is 11.3 Å². The zero-order valence-electron chi connectivity index (χ0n) is 9.85. The number of aliphatic hydroxyl groups excluding tert-OH is 1. The average molecular weight is 240 g/mol. The second-order valence-corrected chi connectivity index (χ2v) is 5.42. The van der Waals surface area contributed by atoms with E-state index in [-0.39, 0.29) is 6.61 Å². The van der Waals surface area contributed by atoms with Gasteiger partial charge in [0, 0.05) is 11.8 Å². The second kappa shape index (κ2) is 5.75. The molecule has 4 heteroatoms. The summed E-state index contributed by atoms with van der Waals surface area (Å²) >= 11 is 1.69. The lowest BCUT2D eigenvalue weighted by atomic mass is 9.94. The summed E-state index contributed by atoms with van der Waals surface area (Å²) in [6.07, 6.45) is 3.69. The molecule has 1 aromatic rings. The number of nitrogens with zero attached hydrogens (tertiary/aromatic N) is 2. The van der Waals surface area contributed by atoms with Crippen molar-refractivity contribution in [3.05, 3.63) is 16.1 Å². The van der Waals surface area contributed by atoms with Crippen molar-refractivity contribution in [2.75, 3.05) is 19.6 Å². The second-order valence-electron chi connectivity index (χ2n) is 4.47. The Kier molecular flexibility index (Phi) is 4.32. The summed E-state index contributed by atoms with van der Waals surface area (Å²) in [7, 11) is 0. The van der Waals surface area contributed by atoms with E-state index in [0.29, 0.717) is 0 Å². The van der Waals surface area contributed by atoms with Gasteiger partial charge in [-0.1, -0.05) is 6.92 Å². The number of hydrogen-bond acceptors (Lipinski definition) is 4. The lowest BCUT2D eigenvalue weighted by Gasteiger charge is -2.30. The molecule has 1 N–H and O–H groups in total. The van der Waals surface area contributed by atoms with Gasteiger partial charge in [-0.15, -0.1) is 11.3 Å². The Morgan fingerprint density at radius 3 is 2.81 bits per heavy atom. The zero-order valence-corrected chi connectivity index (χ0v) is 10.7. The summed E-state index contributed by atoms with van der Waals surface area (Å²) in [4.78, 5) is 6.93. The Bertz CT molecular complexity index is 319. The molecule has 0 atom stereocenters. The molecule has 1 aromatic heterocycles. The van der Waals surface area contributed by atoms with Crippen molar-refractivity contribution in [3.8, 4) is 0 Å². The summed E-state index contributed by atoms with van der Waals surface area (Å²) < 4.78 is 0. The van der Waals surface area contributed by atoms with Crippen LogP contribution in [-0.2, 0) is 13.0 Å². The number of aromatic nitrogens is 1. The van der Waals surface area contributed by atoms with Gasteiger partial charge in [-0.2, -0.15) is 0 Å². The Labute approximate surface area is 101 Å². The van der Waals surface area contributed by atoms with E-state index in [1.54, 1.807) is 11.3 Å². The minimum Gasteiger partial charge on any atom is -0.390 e. The molecule has 2 rings (SSSR count). The van der Waals surface area contributed by atoms with Gasteiger partial charge in [-0.3, -0.25) is 0 Å². The van der Waals surface area contributed by atoms with Gasteiger partial charge >= 0.3 is 0 Å². The number of thiazole rings is 1. The quantitative estimate of drug-likeness (QED) is 0.873. The van der Waals surface area contributed by atoms with Gasteiger partial charge in [-0.05, 0) is 38.4 Å². The first-order chi connectivity index (χ1) is 7.81. The van der Waals surface area contributed by atoms with Crippen LogP contribution in [0.1, 0.15) is 30.5 Å². The third-order valence-corrected chi connectivity index (χ3v) is 4.30. The van der Waals surface area contributed by atoms with Gasteiger partial charge in [0.2, 0.25) is 0 Å². The van der Waals surface area contributed by atoms with Gasteiger partial charge in [0.05, 0.1) is 17.3 Å². The van der Waals surface area contributed by atoms with Gasteiger partial charge in [0.15, 0.2) is 0 Å². The monoisotopic (exact) mass is 240 g/mol. The fourth-order valence-electron chi connectivity index (χ4n) is 2.27. The van der Waals surface area contributed by atoms with Crippen molar-refractivity contribution >= 4 is 11.3 Å². The highest BCUT2D eigenvalue weighted by Crippen LogP contribution is 2.23. The number of piperidine rings is 1. The highest BCUT2D eigenvalue weighted by atomic mass is 32.1. The first-order valence-electron chi connectivity index (χ1n) is 6.08. The van der Waals surface area contributed by atoms with Gasteiger partial charge in [-0.25, -0.2) is 4.98 Å². The smallest absolute Gasteiger partial charge is 0.0932 e. The Hall–Kier alpha value is -0.450. The molecule has 0 radical (unpaired) electrons. The van der Waals surface area contributed by atoms with Crippen molar-refractivity contribution in [2.24, 2.45) is 5.92 Å². The molecular formula is C12H20N2OS. The van der Waals surface area contributed by atoms with Gasteiger partial charge in [0.25, 0.3) is 0 Å². The number of likely N-dealkylation sites (tertiary alicyclic amines) is 1. The molecule has 1 aliphatic rings. The van der Waals surface area contributed by atoms with Crippen LogP contribution in [0.25, 0.3) is 0 Å².